The highest BCUT2D eigenvalue weighted by atomic mass is 32.1. The lowest BCUT2D eigenvalue weighted by Gasteiger charge is -2.27. The van der Waals surface area contributed by atoms with Crippen molar-refractivity contribution in [3.8, 4) is 11.3 Å². The van der Waals surface area contributed by atoms with Crippen molar-refractivity contribution >= 4 is 11.3 Å². The summed E-state index contributed by atoms with van der Waals surface area (Å²) in [5, 5.41) is 3.13. The molecule has 2 aromatic heterocycles. The van der Waals surface area contributed by atoms with E-state index in [0.717, 1.165) is 48.1 Å². The Bertz CT molecular complexity index is 933. The Morgan fingerprint density at radius 2 is 2.00 bits per heavy atom. The van der Waals surface area contributed by atoms with Gasteiger partial charge in [0.2, 0.25) is 0 Å². The molecule has 0 bridgehead atoms. The van der Waals surface area contributed by atoms with Crippen LogP contribution in [0.4, 0.5) is 4.39 Å². The second-order valence-electron chi connectivity index (χ2n) is 7.07. The predicted molar refractivity (Wildman–Crippen MR) is 99.3 cm³/mol. The second kappa shape index (κ2) is 6.52. The SMILES string of the molecule is Fc1ccc(-c2csc(CN3CCc4nc(C5CC5)ncc4C3)n2)cc1. The van der Waals surface area contributed by atoms with Crippen LogP contribution >= 0.6 is 11.3 Å². The van der Waals surface area contributed by atoms with Crippen LogP contribution in [0.1, 0.15) is 40.8 Å². The van der Waals surface area contributed by atoms with Crippen molar-refractivity contribution in [1.29, 1.82) is 0 Å². The fourth-order valence-corrected chi connectivity index (χ4v) is 4.24. The molecule has 1 aliphatic carbocycles. The van der Waals surface area contributed by atoms with Gasteiger partial charge in [-0.05, 0) is 37.1 Å². The first-order valence-corrected chi connectivity index (χ1v) is 9.90. The Labute approximate surface area is 155 Å². The van der Waals surface area contributed by atoms with Crippen LogP contribution in [-0.2, 0) is 19.5 Å². The minimum absolute atomic E-state index is 0.219. The summed E-state index contributed by atoms with van der Waals surface area (Å²) in [6.07, 6.45) is 5.48. The van der Waals surface area contributed by atoms with Crippen LogP contribution in [-0.4, -0.2) is 26.4 Å². The quantitative estimate of drug-likeness (QED) is 0.695. The van der Waals surface area contributed by atoms with Crippen molar-refractivity contribution in [1.82, 2.24) is 19.9 Å². The van der Waals surface area contributed by atoms with Gasteiger partial charge < -0.3 is 0 Å². The molecule has 1 aromatic carbocycles. The molecule has 5 rings (SSSR count). The Morgan fingerprint density at radius 1 is 1.15 bits per heavy atom. The lowest BCUT2D eigenvalue weighted by atomic mass is 10.1. The predicted octanol–water partition coefficient (Wildman–Crippen LogP) is 4.17. The molecule has 2 aliphatic rings. The molecule has 1 aliphatic heterocycles. The average molecular weight is 366 g/mol. The number of hydrogen-bond acceptors (Lipinski definition) is 5. The van der Waals surface area contributed by atoms with Gasteiger partial charge in [0, 0.05) is 53.8 Å². The number of nitrogens with zero attached hydrogens (tertiary/aromatic N) is 4. The highest BCUT2D eigenvalue weighted by molar-refractivity contribution is 7.09. The maximum Gasteiger partial charge on any atom is 0.131 e. The third-order valence-corrected chi connectivity index (χ3v) is 5.86. The molecule has 0 unspecified atom stereocenters. The summed E-state index contributed by atoms with van der Waals surface area (Å²) >= 11 is 1.66. The molecule has 0 amide bonds. The van der Waals surface area contributed by atoms with Crippen molar-refractivity contribution < 1.29 is 4.39 Å². The molecule has 3 aromatic rings. The topological polar surface area (TPSA) is 41.9 Å². The molecular weight excluding hydrogens is 347 g/mol. The van der Waals surface area contributed by atoms with E-state index >= 15 is 0 Å². The summed E-state index contributed by atoms with van der Waals surface area (Å²) in [7, 11) is 0. The van der Waals surface area contributed by atoms with Gasteiger partial charge in [-0.2, -0.15) is 0 Å². The largest absolute Gasteiger partial charge is 0.292 e. The van der Waals surface area contributed by atoms with Crippen molar-refractivity contribution in [3.05, 3.63) is 63.7 Å². The Kier molecular flexibility index (Phi) is 4.02. The molecule has 3 heterocycles. The number of halogens is 1. The van der Waals surface area contributed by atoms with Gasteiger partial charge in [0.15, 0.2) is 0 Å². The number of thiazole rings is 1. The molecule has 0 radical (unpaired) electrons. The van der Waals surface area contributed by atoms with E-state index in [-0.39, 0.29) is 5.82 Å². The van der Waals surface area contributed by atoms with E-state index in [1.807, 2.05) is 11.6 Å². The maximum atomic E-state index is 13.1. The van der Waals surface area contributed by atoms with Gasteiger partial charge >= 0.3 is 0 Å². The van der Waals surface area contributed by atoms with Gasteiger partial charge in [0.1, 0.15) is 16.6 Å². The molecular formula is C20H19FN4S. The van der Waals surface area contributed by atoms with Gasteiger partial charge in [-0.1, -0.05) is 0 Å². The summed E-state index contributed by atoms with van der Waals surface area (Å²) in [5.74, 6) is 1.43. The summed E-state index contributed by atoms with van der Waals surface area (Å²) < 4.78 is 13.1. The third-order valence-electron chi connectivity index (χ3n) is 5.02. The zero-order chi connectivity index (χ0) is 17.5. The van der Waals surface area contributed by atoms with Gasteiger partial charge in [-0.25, -0.2) is 19.3 Å². The van der Waals surface area contributed by atoms with Crippen molar-refractivity contribution in [3.63, 3.8) is 0 Å². The fourth-order valence-electron chi connectivity index (χ4n) is 3.39. The van der Waals surface area contributed by atoms with Crippen LogP contribution in [0.25, 0.3) is 11.3 Å². The number of hydrogen-bond donors (Lipinski definition) is 0. The van der Waals surface area contributed by atoms with Crippen molar-refractivity contribution in [2.75, 3.05) is 6.54 Å². The first kappa shape index (κ1) is 16.0. The zero-order valence-electron chi connectivity index (χ0n) is 14.4. The summed E-state index contributed by atoms with van der Waals surface area (Å²) in [4.78, 5) is 16.5. The van der Waals surface area contributed by atoms with Gasteiger partial charge in [0.05, 0.1) is 12.2 Å². The molecule has 132 valence electrons. The number of benzene rings is 1. The highest BCUT2D eigenvalue weighted by Crippen LogP contribution is 2.38. The lowest BCUT2D eigenvalue weighted by molar-refractivity contribution is 0.242. The zero-order valence-corrected chi connectivity index (χ0v) is 15.2. The molecule has 0 N–H and O–H groups in total. The van der Waals surface area contributed by atoms with Crippen LogP contribution in [0, 0.1) is 5.82 Å². The maximum absolute atomic E-state index is 13.1. The molecule has 26 heavy (non-hydrogen) atoms. The van der Waals surface area contributed by atoms with Crippen molar-refractivity contribution in [2.45, 2.75) is 38.3 Å². The second-order valence-corrected chi connectivity index (χ2v) is 8.01. The van der Waals surface area contributed by atoms with E-state index in [1.54, 1.807) is 23.5 Å². The Hall–Kier alpha value is -2.18. The van der Waals surface area contributed by atoms with E-state index < -0.39 is 0 Å². The minimum atomic E-state index is -0.219. The van der Waals surface area contributed by atoms with Crippen LogP contribution in [0.3, 0.4) is 0 Å². The van der Waals surface area contributed by atoms with E-state index in [1.165, 1.54) is 36.2 Å². The number of aromatic nitrogens is 3. The molecule has 0 atom stereocenters. The van der Waals surface area contributed by atoms with E-state index in [9.17, 15) is 4.39 Å². The van der Waals surface area contributed by atoms with Crippen molar-refractivity contribution in [2.24, 2.45) is 0 Å². The Morgan fingerprint density at radius 3 is 2.81 bits per heavy atom. The monoisotopic (exact) mass is 366 g/mol. The fraction of sp³-hybridized carbons (Fsp3) is 0.350. The highest BCUT2D eigenvalue weighted by Gasteiger charge is 2.28. The first-order chi connectivity index (χ1) is 12.7. The summed E-state index contributed by atoms with van der Waals surface area (Å²) in [6, 6.07) is 6.51. The van der Waals surface area contributed by atoms with Crippen LogP contribution in [0.2, 0.25) is 0 Å². The molecule has 1 fully saturated rings. The number of rotatable bonds is 4. The minimum Gasteiger partial charge on any atom is -0.292 e. The van der Waals surface area contributed by atoms with E-state index in [2.05, 4.69) is 9.88 Å². The van der Waals surface area contributed by atoms with Gasteiger partial charge in [-0.3, -0.25) is 4.90 Å². The molecule has 0 spiro atoms. The molecule has 0 saturated heterocycles. The van der Waals surface area contributed by atoms with E-state index in [4.69, 9.17) is 9.97 Å². The molecule has 6 heteroatoms. The molecule has 1 saturated carbocycles. The lowest BCUT2D eigenvalue weighted by Crippen LogP contribution is -2.31. The summed E-state index contributed by atoms with van der Waals surface area (Å²) in [5.41, 5.74) is 4.35. The first-order valence-electron chi connectivity index (χ1n) is 9.02. The van der Waals surface area contributed by atoms with Crippen LogP contribution in [0.5, 0.6) is 0 Å². The summed E-state index contributed by atoms with van der Waals surface area (Å²) in [6.45, 7) is 2.71. The van der Waals surface area contributed by atoms with Crippen LogP contribution < -0.4 is 0 Å². The molecule has 4 nitrogen and oxygen atoms in total. The third kappa shape index (κ3) is 3.27. The Balaban J connectivity index is 1.28. The van der Waals surface area contributed by atoms with Gasteiger partial charge in [-0.15, -0.1) is 11.3 Å². The van der Waals surface area contributed by atoms with Crippen LogP contribution in [0.15, 0.2) is 35.8 Å². The average Bonchev–Trinajstić information content (AvgIpc) is 3.41. The van der Waals surface area contributed by atoms with Gasteiger partial charge in [0.25, 0.3) is 0 Å². The standard InChI is InChI=1S/C20H19FN4S/c21-16-5-3-13(4-6-16)18-12-26-19(23-18)11-25-8-7-17-15(10-25)9-22-20(24-17)14-1-2-14/h3-6,9,12,14H,1-2,7-8,10-11H2. The number of fused-ring (bicyclic) bond motifs is 1. The van der Waals surface area contributed by atoms with E-state index in [0.29, 0.717) is 5.92 Å². The normalized spacial score (nSPS) is 17.3. The smallest absolute Gasteiger partial charge is 0.131 e.